The van der Waals surface area contributed by atoms with Crippen molar-refractivity contribution in [2.24, 2.45) is 0 Å². The lowest BCUT2D eigenvalue weighted by Crippen LogP contribution is -2.31. The molecule has 10 heavy (non-hydrogen) atoms. The zero-order valence-electron chi connectivity index (χ0n) is 5.79. The van der Waals surface area contributed by atoms with Gasteiger partial charge in [0.2, 0.25) is 0 Å². The molecule has 1 fully saturated rings. The van der Waals surface area contributed by atoms with E-state index in [2.05, 4.69) is 0 Å². The van der Waals surface area contributed by atoms with Crippen LogP contribution in [-0.4, -0.2) is 36.1 Å². The van der Waals surface area contributed by atoms with Crippen LogP contribution in [0.5, 0.6) is 0 Å². The molecule has 0 aromatic carbocycles. The van der Waals surface area contributed by atoms with Crippen molar-refractivity contribution in [2.75, 3.05) is 13.2 Å². The van der Waals surface area contributed by atoms with E-state index in [1.54, 1.807) is 6.92 Å². The first-order valence-corrected chi connectivity index (χ1v) is 3.71. The molecule has 0 amide bonds. The van der Waals surface area contributed by atoms with Crippen molar-refractivity contribution in [1.29, 1.82) is 0 Å². The fourth-order valence-electron chi connectivity index (χ4n) is 0.788. The molecule has 3 nitrogen and oxygen atoms in total. The van der Waals surface area contributed by atoms with Gasteiger partial charge >= 0.3 is 0 Å². The first kappa shape index (κ1) is 8.27. The number of hydrogen-bond acceptors (Lipinski definition) is 3. The summed E-state index contributed by atoms with van der Waals surface area (Å²) in [5, 5.41) is 8.53. The molecule has 2 atom stereocenters. The fourth-order valence-corrected chi connectivity index (χ4v) is 0.933. The number of halogens is 1. The van der Waals surface area contributed by atoms with E-state index in [4.69, 9.17) is 26.2 Å². The van der Waals surface area contributed by atoms with Gasteiger partial charge in [0.05, 0.1) is 19.3 Å². The average molecular weight is 167 g/mol. The Morgan fingerprint density at radius 1 is 1.50 bits per heavy atom. The fraction of sp³-hybridized carbons (Fsp3) is 1.00. The first-order chi connectivity index (χ1) is 4.72. The molecule has 0 bridgehead atoms. The van der Waals surface area contributed by atoms with Gasteiger partial charge in [-0.3, -0.25) is 0 Å². The van der Waals surface area contributed by atoms with Crippen LogP contribution in [0.15, 0.2) is 0 Å². The summed E-state index contributed by atoms with van der Waals surface area (Å²) in [7, 11) is 0. The van der Waals surface area contributed by atoms with Crippen molar-refractivity contribution < 1.29 is 14.6 Å². The Bertz CT molecular complexity index is 101. The molecule has 1 N–H and O–H groups in total. The highest BCUT2D eigenvalue weighted by molar-refractivity contribution is 6.21. The third kappa shape index (κ3) is 1.83. The minimum absolute atomic E-state index is 0.429. The van der Waals surface area contributed by atoms with Crippen LogP contribution >= 0.6 is 11.6 Å². The summed E-state index contributed by atoms with van der Waals surface area (Å²) in [6.07, 6.45) is -1.02. The summed E-state index contributed by atoms with van der Waals surface area (Å²) < 4.78 is 10.1. The Morgan fingerprint density at radius 3 is 2.40 bits per heavy atom. The standard InChI is InChI=1S/C6H11ClO3/c1-4(8)5(7)6-9-2-3-10-6/h4-6,8H,2-3H2,1H3. The van der Waals surface area contributed by atoms with Gasteiger partial charge in [-0.25, -0.2) is 0 Å². The van der Waals surface area contributed by atoms with Crippen LogP contribution in [0.3, 0.4) is 0 Å². The second kappa shape index (κ2) is 3.53. The zero-order chi connectivity index (χ0) is 7.56. The topological polar surface area (TPSA) is 38.7 Å². The number of ether oxygens (including phenoxy) is 2. The normalized spacial score (nSPS) is 26.7. The highest BCUT2D eigenvalue weighted by atomic mass is 35.5. The monoisotopic (exact) mass is 166 g/mol. The van der Waals surface area contributed by atoms with Crippen molar-refractivity contribution in [1.82, 2.24) is 0 Å². The maximum Gasteiger partial charge on any atom is 0.176 e. The lowest BCUT2D eigenvalue weighted by Gasteiger charge is -2.17. The van der Waals surface area contributed by atoms with E-state index >= 15 is 0 Å². The molecule has 0 aromatic rings. The molecule has 2 unspecified atom stereocenters. The Kier molecular flexibility index (Phi) is 2.92. The van der Waals surface area contributed by atoms with Crippen LogP contribution in [0, 0.1) is 0 Å². The summed E-state index contributed by atoms with van der Waals surface area (Å²) in [5.41, 5.74) is 0. The second-order valence-corrected chi connectivity index (χ2v) is 2.80. The lowest BCUT2D eigenvalue weighted by molar-refractivity contribution is -0.0633. The number of rotatable bonds is 2. The maximum absolute atomic E-state index is 8.99. The quantitative estimate of drug-likeness (QED) is 0.602. The van der Waals surface area contributed by atoms with Crippen LogP contribution in [0.25, 0.3) is 0 Å². The molecule has 1 saturated heterocycles. The summed E-state index contributed by atoms with van der Waals surface area (Å²) in [5.74, 6) is 0. The van der Waals surface area contributed by atoms with E-state index in [1.165, 1.54) is 0 Å². The molecule has 1 heterocycles. The summed E-state index contributed by atoms with van der Waals surface area (Å²) in [6, 6.07) is 0. The van der Waals surface area contributed by atoms with Crippen LogP contribution in [-0.2, 0) is 9.47 Å². The van der Waals surface area contributed by atoms with Gasteiger partial charge < -0.3 is 14.6 Å². The van der Waals surface area contributed by atoms with Crippen LogP contribution in [0.4, 0.5) is 0 Å². The molecule has 0 spiro atoms. The van der Waals surface area contributed by atoms with Crippen molar-refractivity contribution in [3.05, 3.63) is 0 Å². The van der Waals surface area contributed by atoms with E-state index in [0.717, 1.165) is 0 Å². The van der Waals surface area contributed by atoms with E-state index < -0.39 is 17.8 Å². The minimum atomic E-state index is -0.593. The third-order valence-corrected chi connectivity index (χ3v) is 1.94. The van der Waals surface area contributed by atoms with Crippen LogP contribution < -0.4 is 0 Å². The van der Waals surface area contributed by atoms with Crippen molar-refractivity contribution in [3.8, 4) is 0 Å². The van der Waals surface area contributed by atoms with Crippen LogP contribution in [0.1, 0.15) is 6.92 Å². The van der Waals surface area contributed by atoms with E-state index in [0.29, 0.717) is 13.2 Å². The first-order valence-electron chi connectivity index (χ1n) is 3.27. The second-order valence-electron chi connectivity index (χ2n) is 2.30. The predicted molar refractivity (Wildman–Crippen MR) is 37.0 cm³/mol. The van der Waals surface area contributed by atoms with Gasteiger partial charge in [0, 0.05) is 0 Å². The molecule has 1 rings (SSSR count). The maximum atomic E-state index is 8.99. The van der Waals surface area contributed by atoms with E-state index in [9.17, 15) is 0 Å². The van der Waals surface area contributed by atoms with Crippen molar-refractivity contribution in [2.45, 2.75) is 24.7 Å². The number of aliphatic hydroxyl groups excluding tert-OH is 1. The average Bonchev–Trinajstić information content (AvgIpc) is 2.36. The predicted octanol–water partition coefficient (Wildman–Crippen LogP) is 0.347. The van der Waals surface area contributed by atoms with Gasteiger partial charge in [-0.05, 0) is 6.92 Å². The van der Waals surface area contributed by atoms with Crippen molar-refractivity contribution >= 4 is 11.6 Å². The molecule has 0 saturated carbocycles. The Balaban J connectivity index is 2.32. The smallest absolute Gasteiger partial charge is 0.176 e. The minimum Gasteiger partial charge on any atom is -0.392 e. The summed E-state index contributed by atoms with van der Waals surface area (Å²) in [4.78, 5) is 0. The molecule has 0 aromatic heterocycles. The highest BCUT2D eigenvalue weighted by Crippen LogP contribution is 2.16. The van der Waals surface area contributed by atoms with E-state index in [1.807, 2.05) is 0 Å². The third-order valence-electron chi connectivity index (χ3n) is 1.37. The van der Waals surface area contributed by atoms with Gasteiger partial charge in [0.1, 0.15) is 5.38 Å². The lowest BCUT2D eigenvalue weighted by atomic mass is 10.3. The van der Waals surface area contributed by atoms with Gasteiger partial charge in [-0.15, -0.1) is 11.6 Å². The largest absolute Gasteiger partial charge is 0.392 e. The molecule has 0 aliphatic carbocycles. The van der Waals surface area contributed by atoms with E-state index in [-0.39, 0.29) is 0 Å². The SMILES string of the molecule is CC(O)C(Cl)C1OCCO1. The molecular formula is C6H11ClO3. The number of aliphatic hydroxyl groups is 1. The summed E-state index contributed by atoms with van der Waals surface area (Å²) >= 11 is 5.72. The Morgan fingerprint density at radius 2 is 2.00 bits per heavy atom. The molecular weight excluding hydrogens is 156 g/mol. The van der Waals surface area contributed by atoms with Gasteiger partial charge in [-0.1, -0.05) is 0 Å². The molecule has 1 aliphatic heterocycles. The molecule has 0 radical (unpaired) electrons. The molecule has 1 aliphatic rings. The van der Waals surface area contributed by atoms with Gasteiger partial charge in [-0.2, -0.15) is 0 Å². The van der Waals surface area contributed by atoms with Gasteiger partial charge in [0.25, 0.3) is 0 Å². The number of hydrogen-bond donors (Lipinski definition) is 1. The number of alkyl halides is 1. The van der Waals surface area contributed by atoms with Crippen molar-refractivity contribution in [3.63, 3.8) is 0 Å². The molecule has 60 valence electrons. The Hall–Kier alpha value is 0.170. The zero-order valence-corrected chi connectivity index (χ0v) is 6.54. The Labute approximate surface area is 64.9 Å². The molecule has 4 heteroatoms. The van der Waals surface area contributed by atoms with Gasteiger partial charge in [0.15, 0.2) is 6.29 Å². The highest BCUT2D eigenvalue weighted by Gasteiger charge is 2.28. The summed E-state index contributed by atoms with van der Waals surface area (Å²) in [6.45, 7) is 2.75. The van der Waals surface area contributed by atoms with Crippen LogP contribution in [0.2, 0.25) is 0 Å².